The van der Waals surface area contributed by atoms with Gasteiger partial charge in [0.1, 0.15) is 6.33 Å². The van der Waals surface area contributed by atoms with E-state index in [1.54, 1.807) is 0 Å². The quantitative estimate of drug-likeness (QED) is 0.324. The normalized spacial score (nSPS) is 14.2. The molecule has 0 saturated heterocycles. The molecule has 0 aliphatic carbocycles. The molecule has 0 unspecified atom stereocenters. The van der Waals surface area contributed by atoms with Gasteiger partial charge in [-0.2, -0.15) is 5.10 Å². The second kappa shape index (κ2) is 10.2. The van der Waals surface area contributed by atoms with Gasteiger partial charge in [0.2, 0.25) is 0 Å². The third kappa shape index (κ3) is 5.23. The summed E-state index contributed by atoms with van der Waals surface area (Å²) in [6.45, 7) is 2.53. The van der Waals surface area contributed by atoms with Crippen molar-refractivity contribution >= 4 is 35.5 Å². The van der Waals surface area contributed by atoms with E-state index >= 15 is 0 Å². The first-order valence-corrected chi connectivity index (χ1v) is 9.48. The topological polar surface area (TPSA) is 69.2 Å². The van der Waals surface area contributed by atoms with E-state index in [9.17, 15) is 0 Å². The first-order valence-electron chi connectivity index (χ1n) is 9.48. The number of H-pyrrole nitrogens is 1. The van der Waals surface area contributed by atoms with Crippen LogP contribution in [0.5, 0.6) is 0 Å². The fourth-order valence-electron chi connectivity index (χ4n) is 3.46. The highest BCUT2D eigenvalue weighted by Gasteiger charge is 2.16. The molecule has 0 bridgehead atoms. The number of halogens is 1. The van der Waals surface area contributed by atoms with Gasteiger partial charge in [0.25, 0.3) is 0 Å². The monoisotopic (exact) mass is 500 g/mol. The number of nitrogens with zero attached hydrogens (tertiary/aromatic N) is 4. The lowest BCUT2D eigenvalue weighted by Gasteiger charge is -2.30. The number of hydrogen-bond donors (Lipinski definition) is 2. The van der Waals surface area contributed by atoms with Gasteiger partial charge in [-0.05, 0) is 29.2 Å². The summed E-state index contributed by atoms with van der Waals surface area (Å²) in [5.41, 5.74) is 4.93. The van der Waals surface area contributed by atoms with Crippen LogP contribution in [0.3, 0.4) is 0 Å². The Morgan fingerprint density at radius 2 is 1.97 bits per heavy atom. The number of nitrogens with one attached hydrogen (secondary N) is 2. The summed E-state index contributed by atoms with van der Waals surface area (Å²) in [5, 5.41) is 10.3. The molecule has 7 heteroatoms. The Morgan fingerprint density at radius 1 is 1.14 bits per heavy atom. The number of aromatic nitrogens is 3. The van der Waals surface area contributed by atoms with E-state index in [1.165, 1.54) is 23.0 Å². The van der Waals surface area contributed by atoms with Crippen molar-refractivity contribution in [3.8, 4) is 11.4 Å². The molecule has 2 N–H and O–H groups in total. The fourth-order valence-corrected chi connectivity index (χ4v) is 3.46. The summed E-state index contributed by atoms with van der Waals surface area (Å²) >= 11 is 0. The number of hydrogen-bond acceptors (Lipinski definition) is 3. The number of benzene rings is 2. The van der Waals surface area contributed by atoms with Gasteiger partial charge in [0, 0.05) is 32.2 Å². The smallest absolute Gasteiger partial charge is 0.194 e. The summed E-state index contributed by atoms with van der Waals surface area (Å²) in [6.07, 6.45) is 4.84. The maximum atomic E-state index is 4.47. The summed E-state index contributed by atoms with van der Waals surface area (Å²) in [6, 6.07) is 18.9. The van der Waals surface area contributed by atoms with Gasteiger partial charge in [0.15, 0.2) is 11.8 Å². The molecule has 1 aromatic heterocycles. The molecule has 0 saturated carbocycles. The highest BCUT2D eigenvalue weighted by atomic mass is 127. The lowest BCUT2D eigenvalue weighted by Crippen LogP contribution is -2.43. The van der Waals surface area contributed by atoms with Crippen LogP contribution in [0.1, 0.15) is 17.5 Å². The lowest BCUT2D eigenvalue weighted by molar-refractivity contribution is 0.440. The Morgan fingerprint density at radius 3 is 2.66 bits per heavy atom. The van der Waals surface area contributed by atoms with Crippen molar-refractivity contribution in [2.24, 2.45) is 4.99 Å². The summed E-state index contributed by atoms with van der Waals surface area (Å²) in [7, 11) is 1.84. The van der Waals surface area contributed by atoms with Crippen LogP contribution in [0.15, 0.2) is 72.0 Å². The second-order valence-corrected chi connectivity index (χ2v) is 6.73. The molecule has 29 heavy (non-hydrogen) atoms. The Labute approximate surface area is 188 Å². The SMILES string of the molecule is CN=C(NCc1cccc(-c2ncn[nH]2)c1)N1CC=C(c2ccccc2)CC1.I. The van der Waals surface area contributed by atoms with Crippen LogP contribution in [-0.4, -0.2) is 46.2 Å². The number of guanidine groups is 1. The highest BCUT2D eigenvalue weighted by Crippen LogP contribution is 2.22. The molecule has 150 valence electrons. The molecule has 0 atom stereocenters. The third-order valence-electron chi connectivity index (χ3n) is 4.93. The van der Waals surface area contributed by atoms with Gasteiger partial charge in [-0.1, -0.05) is 54.6 Å². The van der Waals surface area contributed by atoms with Crippen molar-refractivity contribution in [1.29, 1.82) is 0 Å². The molecule has 0 spiro atoms. The summed E-state index contributed by atoms with van der Waals surface area (Å²) < 4.78 is 0. The predicted molar refractivity (Wildman–Crippen MR) is 128 cm³/mol. The predicted octanol–water partition coefficient (Wildman–Crippen LogP) is 3.95. The maximum Gasteiger partial charge on any atom is 0.194 e. The zero-order valence-corrected chi connectivity index (χ0v) is 18.7. The van der Waals surface area contributed by atoms with Crippen molar-refractivity contribution in [1.82, 2.24) is 25.4 Å². The third-order valence-corrected chi connectivity index (χ3v) is 4.93. The van der Waals surface area contributed by atoms with E-state index in [0.29, 0.717) is 6.54 Å². The molecule has 3 aromatic rings. The first-order chi connectivity index (χ1) is 13.8. The van der Waals surface area contributed by atoms with Gasteiger partial charge in [-0.25, -0.2) is 4.98 Å². The van der Waals surface area contributed by atoms with Crippen LogP contribution < -0.4 is 5.32 Å². The van der Waals surface area contributed by atoms with Crippen LogP contribution in [0.2, 0.25) is 0 Å². The van der Waals surface area contributed by atoms with E-state index in [4.69, 9.17) is 0 Å². The van der Waals surface area contributed by atoms with Gasteiger partial charge < -0.3 is 10.2 Å². The van der Waals surface area contributed by atoms with Crippen LogP contribution in [0, 0.1) is 0 Å². The molecule has 2 heterocycles. The van der Waals surface area contributed by atoms with E-state index in [2.05, 4.69) is 78.9 Å². The van der Waals surface area contributed by atoms with Crippen LogP contribution in [-0.2, 0) is 6.54 Å². The minimum atomic E-state index is 0. The summed E-state index contributed by atoms with van der Waals surface area (Å²) in [5.74, 6) is 1.70. The van der Waals surface area contributed by atoms with E-state index in [0.717, 1.165) is 36.9 Å². The Bertz CT molecular complexity index is 966. The molecule has 6 nitrogen and oxygen atoms in total. The van der Waals surface area contributed by atoms with Crippen molar-refractivity contribution in [3.05, 3.63) is 78.1 Å². The summed E-state index contributed by atoms with van der Waals surface area (Å²) in [4.78, 5) is 11.0. The van der Waals surface area contributed by atoms with Crippen LogP contribution in [0.4, 0.5) is 0 Å². The van der Waals surface area contributed by atoms with E-state index in [1.807, 2.05) is 19.2 Å². The Kier molecular flexibility index (Phi) is 7.40. The van der Waals surface area contributed by atoms with Crippen LogP contribution in [0.25, 0.3) is 17.0 Å². The van der Waals surface area contributed by atoms with Gasteiger partial charge in [-0.15, -0.1) is 24.0 Å². The first kappa shape index (κ1) is 21.0. The zero-order chi connectivity index (χ0) is 19.2. The van der Waals surface area contributed by atoms with E-state index < -0.39 is 0 Å². The second-order valence-electron chi connectivity index (χ2n) is 6.73. The number of aromatic amines is 1. The van der Waals surface area contributed by atoms with Crippen molar-refractivity contribution in [2.45, 2.75) is 13.0 Å². The standard InChI is InChI=1S/C22H24N6.HI/c1-23-22(28-12-10-19(11-13-28)18-7-3-2-4-8-18)24-15-17-6-5-9-20(14-17)21-25-16-26-27-21;/h2-10,14,16H,11-13,15H2,1H3,(H,23,24)(H,25,26,27);1H. The fraction of sp³-hybridized carbons (Fsp3) is 0.227. The molecular weight excluding hydrogens is 475 g/mol. The van der Waals surface area contributed by atoms with Crippen molar-refractivity contribution < 1.29 is 0 Å². The molecule has 2 aromatic carbocycles. The molecule has 4 rings (SSSR count). The zero-order valence-electron chi connectivity index (χ0n) is 16.4. The van der Waals surface area contributed by atoms with Gasteiger partial charge >= 0.3 is 0 Å². The van der Waals surface area contributed by atoms with E-state index in [-0.39, 0.29) is 24.0 Å². The Balaban J connectivity index is 0.00000240. The van der Waals surface area contributed by atoms with Crippen molar-refractivity contribution in [3.63, 3.8) is 0 Å². The number of aliphatic imine (C=N–C) groups is 1. The lowest BCUT2D eigenvalue weighted by atomic mass is 10.00. The minimum Gasteiger partial charge on any atom is -0.352 e. The molecule has 0 amide bonds. The maximum absolute atomic E-state index is 4.47. The highest BCUT2D eigenvalue weighted by molar-refractivity contribution is 14.0. The van der Waals surface area contributed by atoms with Gasteiger partial charge in [0.05, 0.1) is 0 Å². The largest absolute Gasteiger partial charge is 0.352 e. The minimum absolute atomic E-state index is 0. The average Bonchev–Trinajstić information content (AvgIpc) is 3.31. The number of rotatable bonds is 4. The molecule has 0 radical (unpaired) electrons. The molecule has 0 fully saturated rings. The molecule has 1 aliphatic heterocycles. The van der Waals surface area contributed by atoms with Crippen molar-refractivity contribution in [2.75, 3.05) is 20.1 Å². The Hall–Kier alpha value is -2.68. The molecule has 1 aliphatic rings. The molecular formula is C22H25IN6. The van der Waals surface area contributed by atoms with Gasteiger partial charge in [-0.3, -0.25) is 10.1 Å². The van der Waals surface area contributed by atoms with Crippen LogP contribution >= 0.6 is 24.0 Å². The average molecular weight is 500 g/mol.